The lowest BCUT2D eigenvalue weighted by molar-refractivity contribution is -0.116. The molecule has 7 heteroatoms. The summed E-state index contributed by atoms with van der Waals surface area (Å²) in [5.41, 5.74) is 3.08. The summed E-state index contributed by atoms with van der Waals surface area (Å²) < 4.78 is 1.55. The van der Waals surface area contributed by atoms with E-state index in [1.165, 1.54) is 6.33 Å². The number of nitrogens with zero attached hydrogens (tertiary/aromatic N) is 3. The van der Waals surface area contributed by atoms with Crippen LogP contribution in [0.25, 0.3) is 21.9 Å². The Hall–Kier alpha value is -3.48. The van der Waals surface area contributed by atoms with E-state index < -0.39 is 0 Å². The highest BCUT2D eigenvalue weighted by molar-refractivity contribution is 5.93. The second-order valence-electron chi connectivity index (χ2n) is 6.47. The first kappa shape index (κ1) is 17.0. The summed E-state index contributed by atoms with van der Waals surface area (Å²) in [4.78, 5) is 36.4. The van der Waals surface area contributed by atoms with Crippen molar-refractivity contribution in [2.24, 2.45) is 0 Å². The van der Waals surface area contributed by atoms with Crippen molar-refractivity contribution in [2.75, 3.05) is 5.32 Å². The predicted molar refractivity (Wildman–Crippen MR) is 105 cm³/mol. The molecule has 1 amide bonds. The molecule has 7 nitrogen and oxygen atoms in total. The number of imidazole rings is 1. The summed E-state index contributed by atoms with van der Waals surface area (Å²) in [7, 11) is 0. The van der Waals surface area contributed by atoms with Crippen LogP contribution in [0.1, 0.15) is 18.7 Å². The lowest BCUT2D eigenvalue weighted by Crippen LogP contribution is -2.21. The molecule has 0 aliphatic rings. The lowest BCUT2D eigenvalue weighted by atomic mass is 10.2. The second-order valence-corrected chi connectivity index (χ2v) is 6.47. The Kier molecular flexibility index (Phi) is 4.42. The molecule has 0 atom stereocenters. The molecule has 4 aromatic rings. The number of carbonyl (C=O) groups is 1. The third kappa shape index (κ3) is 3.57. The summed E-state index contributed by atoms with van der Waals surface area (Å²) >= 11 is 0. The van der Waals surface area contributed by atoms with Gasteiger partial charge in [0.2, 0.25) is 5.91 Å². The molecule has 0 saturated heterocycles. The zero-order valence-electron chi connectivity index (χ0n) is 14.9. The van der Waals surface area contributed by atoms with Gasteiger partial charge in [-0.2, -0.15) is 0 Å². The van der Waals surface area contributed by atoms with Gasteiger partial charge in [0.05, 0.1) is 28.3 Å². The predicted octanol–water partition coefficient (Wildman–Crippen LogP) is 3.00. The fraction of sp³-hybridized carbons (Fsp3) is 0.200. The standard InChI is InChI=1S/C20H19N5O2/c1-13-22-17-9-8-14(11-18(17)23-13)24-19(26)7-4-10-25-12-21-16-6-3-2-5-15(16)20(25)27/h2-3,5-6,8-9,11-12H,4,7,10H2,1H3,(H,22,23)(H,24,26). The van der Waals surface area contributed by atoms with Crippen molar-refractivity contribution < 1.29 is 4.79 Å². The number of rotatable bonds is 5. The van der Waals surface area contributed by atoms with Crippen molar-refractivity contribution in [1.82, 2.24) is 19.5 Å². The number of hydrogen-bond acceptors (Lipinski definition) is 4. The smallest absolute Gasteiger partial charge is 0.261 e. The van der Waals surface area contributed by atoms with Crippen molar-refractivity contribution in [3.8, 4) is 0 Å². The third-order valence-corrected chi connectivity index (χ3v) is 4.42. The highest BCUT2D eigenvalue weighted by Crippen LogP contribution is 2.17. The van der Waals surface area contributed by atoms with Crippen LogP contribution in [-0.2, 0) is 11.3 Å². The quantitative estimate of drug-likeness (QED) is 0.571. The molecule has 0 bridgehead atoms. The molecule has 0 aliphatic carbocycles. The van der Waals surface area contributed by atoms with Crippen molar-refractivity contribution in [1.29, 1.82) is 0 Å². The molecule has 0 radical (unpaired) electrons. The largest absolute Gasteiger partial charge is 0.342 e. The lowest BCUT2D eigenvalue weighted by Gasteiger charge is -2.07. The van der Waals surface area contributed by atoms with Gasteiger partial charge in [-0.15, -0.1) is 0 Å². The zero-order chi connectivity index (χ0) is 18.8. The van der Waals surface area contributed by atoms with E-state index in [9.17, 15) is 9.59 Å². The summed E-state index contributed by atoms with van der Waals surface area (Å²) in [6, 6.07) is 12.8. The first-order valence-electron chi connectivity index (χ1n) is 8.80. The second kappa shape index (κ2) is 7.03. The van der Waals surface area contributed by atoms with Crippen LogP contribution in [0.5, 0.6) is 0 Å². The molecule has 0 aliphatic heterocycles. The van der Waals surface area contributed by atoms with E-state index >= 15 is 0 Å². The minimum absolute atomic E-state index is 0.0823. The van der Waals surface area contributed by atoms with Gasteiger partial charge in [-0.05, 0) is 43.7 Å². The van der Waals surface area contributed by atoms with Crippen molar-refractivity contribution in [2.45, 2.75) is 26.3 Å². The molecule has 0 fully saturated rings. The number of fused-ring (bicyclic) bond motifs is 2. The van der Waals surface area contributed by atoms with Crippen LogP contribution in [0, 0.1) is 6.92 Å². The van der Waals surface area contributed by atoms with Crippen molar-refractivity contribution >= 4 is 33.5 Å². The molecule has 27 heavy (non-hydrogen) atoms. The van der Waals surface area contributed by atoms with Crippen LogP contribution in [0.2, 0.25) is 0 Å². The van der Waals surface area contributed by atoms with Crippen LogP contribution in [-0.4, -0.2) is 25.4 Å². The molecule has 2 N–H and O–H groups in total. The van der Waals surface area contributed by atoms with Gasteiger partial charge in [0.25, 0.3) is 5.56 Å². The zero-order valence-corrected chi connectivity index (χ0v) is 14.9. The molecule has 2 aromatic carbocycles. The first-order valence-corrected chi connectivity index (χ1v) is 8.80. The summed E-state index contributed by atoms with van der Waals surface area (Å²) in [5.74, 6) is 0.746. The van der Waals surface area contributed by atoms with E-state index in [-0.39, 0.29) is 11.5 Å². The monoisotopic (exact) mass is 361 g/mol. The third-order valence-electron chi connectivity index (χ3n) is 4.42. The summed E-state index contributed by atoms with van der Waals surface area (Å²) in [5, 5.41) is 3.47. The number of carbonyl (C=O) groups excluding carboxylic acids is 1. The maximum atomic E-state index is 12.4. The Labute approximate surface area is 155 Å². The average Bonchev–Trinajstić information content (AvgIpc) is 3.03. The van der Waals surface area contributed by atoms with Gasteiger partial charge in [-0.1, -0.05) is 12.1 Å². The minimum atomic E-state index is -0.0904. The Morgan fingerprint density at radius 2 is 2.04 bits per heavy atom. The Balaban J connectivity index is 1.37. The molecule has 4 rings (SSSR count). The number of amides is 1. The summed E-state index contributed by atoms with van der Waals surface area (Å²) in [6.07, 6.45) is 2.41. The van der Waals surface area contributed by atoms with E-state index in [0.717, 1.165) is 22.5 Å². The molecule has 0 saturated carbocycles. The number of H-pyrrole nitrogens is 1. The van der Waals surface area contributed by atoms with Gasteiger partial charge in [0.1, 0.15) is 5.82 Å². The number of aromatic amines is 1. The number of benzene rings is 2. The molecule has 136 valence electrons. The van der Waals surface area contributed by atoms with Gasteiger partial charge >= 0.3 is 0 Å². The van der Waals surface area contributed by atoms with Crippen LogP contribution in [0.4, 0.5) is 5.69 Å². The Morgan fingerprint density at radius 1 is 1.19 bits per heavy atom. The Bertz CT molecular complexity index is 1190. The van der Waals surface area contributed by atoms with E-state index in [2.05, 4.69) is 20.3 Å². The summed E-state index contributed by atoms with van der Waals surface area (Å²) in [6.45, 7) is 2.34. The van der Waals surface area contributed by atoms with Crippen LogP contribution in [0.3, 0.4) is 0 Å². The molecule has 2 heterocycles. The van der Waals surface area contributed by atoms with Gasteiger partial charge in [-0.3, -0.25) is 14.2 Å². The molecule has 0 spiro atoms. The van der Waals surface area contributed by atoms with Gasteiger partial charge in [-0.25, -0.2) is 9.97 Å². The number of aryl methyl sites for hydroxylation is 2. The number of aromatic nitrogens is 4. The van der Waals surface area contributed by atoms with Crippen LogP contribution < -0.4 is 10.9 Å². The van der Waals surface area contributed by atoms with E-state index in [4.69, 9.17) is 0 Å². The maximum absolute atomic E-state index is 12.4. The topological polar surface area (TPSA) is 92.7 Å². The maximum Gasteiger partial charge on any atom is 0.261 e. The Morgan fingerprint density at radius 3 is 2.93 bits per heavy atom. The first-order chi connectivity index (χ1) is 13.1. The highest BCUT2D eigenvalue weighted by atomic mass is 16.1. The van der Waals surface area contributed by atoms with Crippen molar-refractivity contribution in [3.63, 3.8) is 0 Å². The molecule has 0 unspecified atom stereocenters. The van der Waals surface area contributed by atoms with Crippen LogP contribution >= 0.6 is 0 Å². The number of anilines is 1. The number of para-hydroxylation sites is 1. The van der Waals surface area contributed by atoms with Gasteiger partial charge in [0, 0.05) is 18.7 Å². The average molecular weight is 361 g/mol. The van der Waals surface area contributed by atoms with E-state index in [1.807, 2.05) is 43.3 Å². The van der Waals surface area contributed by atoms with E-state index in [1.54, 1.807) is 10.6 Å². The minimum Gasteiger partial charge on any atom is -0.342 e. The van der Waals surface area contributed by atoms with Crippen LogP contribution in [0.15, 0.2) is 53.6 Å². The highest BCUT2D eigenvalue weighted by Gasteiger charge is 2.07. The molecular weight excluding hydrogens is 342 g/mol. The van der Waals surface area contributed by atoms with Gasteiger partial charge < -0.3 is 10.3 Å². The fourth-order valence-corrected chi connectivity index (χ4v) is 3.11. The van der Waals surface area contributed by atoms with Crippen molar-refractivity contribution in [3.05, 3.63) is 65.0 Å². The normalized spacial score (nSPS) is 11.1. The molecular formula is C20H19N5O2. The molecule has 2 aromatic heterocycles. The van der Waals surface area contributed by atoms with E-state index in [0.29, 0.717) is 30.3 Å². The van der Waals surface area contributed by atoms with Gasteiger partial charge in [0.15, 0.2) is 0 Å². The number of nitrogens with one attached hydrogen (secondary N) is 2. The fourth-order valence-electron chi connectivity index (χ4n) is 3.11. The SMILES string of the molecule is Cc1nc2ccc(NC(=O)CCCn3cnc4ccccc4c3=O)cc2[nH]1. The number of hydrogen-bond donors (Lipinski definition) is 2.